The molecule has 1 aliphatic carbocycles. The molecule has 3 atom stereocenters. The number of pyridine rings is 1. The van der Waals surface area contributed by atoms with Crippen molar-refractivity contribution in [2.45, 2.75) is 31.6 Å². The lowest BCUT2D eigenvalue weighted by atomic mass is 10.1. The third kappa shape index (κ3) is 2.85. The van der Waals surface area contributed by atoms with Crippen LogP contribution in [0.1, 0.15) is 24.4 Å². The van der Waals surface area contributed by atoms with Crippen molar-refractivity contribution in [3.8, 4) is 11.9 Å². The number of aliphatic hydroxyl groups is 1. The third-order valence-electron chi connectivity index (χ3n) is 4.82. The summed E-state index contributed by atoms with van der Waals surface area (Å²) in [5.41, 5.74) is 7.93. The van der Waals surface area contributed by atoms with Crippen molar-refractivity contribution in [1.29, 1.82) is 5.26 Å². The number of hydrogen-bond acceptors (Lipinski definition) is 6. The summed E-state index contributed by atoms with van der Waals surface area (Å²) in [5, 5.41) is 24.4. The normalized spacial score (nSPS) is 22.4. The highest BCUT2D eigenvalue weighted by molar-refractivity contribution is 5.93. The number of aromatic nitrogens is 3. The predicted molar refractivity (Wildman–Crippen MR) is 96.1 cm³/mol. The van der Waals surface area contributed by atoms with E-state index < -0.39 is 6.10 Å². The van der Waals surface area contributed by atoms with E-state index in [0.29, 0.717) is 36.5 Å². The maximum absolute atomic E-state index is 9.95. The minimum atomic E-state index is -0.499. The van der Waals surface area contributed by atoms with Crippen molar-refractivity contribution in [3.05, 3.63) is 48.2 Å². The van der Waals surface area contributed by atoms with E-state index in [1.807, 2.05) is 36.4 Å². The quantitative estimate of drug-likeness (QED) is 0.748. The summed E-state index contributed by atoms with van der Waals surface area (Å²) < 4.78 is 7.62. The Morgan fingerprint density at radius 2 is 2.08 bits per heavy atom. The first-order valence-electron chi connectivity index (χ1n) is 8.54. The molecule has 1 fully saturated rings. The highest BCUT2D eigenvalue weighted by atomic mass is 16.5. The van der Waals surface area contributed by atoms with Gasteiger partial charge in [-0.25, -0.2) is 4.98 Å². The van der Waals surface area contributed by atoms with Gasteiger partial charge in [0.15, 0.2) is 5.82 Å². The number of hydrogen-bond donors (Lipinski definition) is 2. The maximum Gasteiger partial charge on any atom is 0.227 e. The van der Waals surface area contributed by atoms with E-state index in [1.54, 1.807) is 10.9 Å². The summed E-state index contributed by atoms with van der Waals surface area (Å²) in [6, 6.07) is 13.7. The van der Waals surface area contributed by atoms with E-state index in [0.717, 1.165) is 11.1 Å². The summed E-state index contributed by atoms with van der Waals surface area (Å²) in [4.78, 5) is 4.31. The molecule has 3 aromatic rings. The van der Waals surface area contributed by atoms with E-state index in [-0.39, 0.29) is 12.0 Å². The van der Waals surface area contributed by atoms with Crippen molar-refractivity contribution < 1.29 is 9.84 Å². The van der Waals surface area contributed by atoms with Gasteiger partial charge in [0.2, 0.25) is 5.88 Å². The zero-order chi connectivity index (χ0) is 18.1. The van der Waals surface area contributed by atoms with Gasteiger partial charge in [-0.15, -0.1) is 0 Å². The number of fused-ring (bicyclic) bond motifs is 1. The summed E-state index contributed by atoms with van der Waals surface area (Å²) >= 11 is 0. The fourth-order valence-corrected chi connectivity index (χ4v) is 3.57. The van der Waals surface area contributed by atoms with E-state index in [2.05, 4.69) is 16.2 Å². The molecule has 7 nitrogen and oxygen atoms in total. The van der Waals surface area contributed by atoms with Crippen LogP contribution in [-0.4, -0.2) is 26.0 Å². The maximum atomic E-state index is 9.95. The average Bonchev–Trinajstić information content (AvgIpc) is 3.21. The molecule has 0 bridgehead atoms. The SMILES string of the molecule is N#C[C@@H]1CC(O)C[C@H]1n1nc(N)c2c(OCc3ccccc3)nccc21. The topological polar surface area (TPSA) is 110 Å². The molecule has 3 N–H and O–H groups in total. The molecular weight excluding hydrogens is 330 g/mol. The number of benzene rings is 1. The lowest BCUT2D eigenvalue weighted by Gasteiger charge is -2.15. The molecule has 4 rings (SSSR count). The summed E-state index contributed by atoms with van der Waals surface area (Å²) in [7, 11) is 0. The fraction of sp³-hybridized carbons (Fsp3) is 0.316. The number of nitrogens with two attached hydrogens (primary N) is 1. The number of rotatable bonds is 4. The standard InChI is InChI=1S/C19H19N5O2/c20-10-13-8-14(25)9-16(13)24-15-6-7-22-19(17(15)18(21)23-24)26-11-12-4-2-1-3-5-12/h1-7,13-14,16,25H,8-9,11H2,(H2,21,23)/t13-,14?,16+/m0/s1. The highest BCUT2D eigenvalue weighted by Crippen LogP contribution is 2.39. The molecule has 7 heteroatoms. The first-order chi connectivity index (χ1) is 12.7. The van der Waals surface area contributed by atoms with Crippen LogP contribution < -0.4 is 10.5 Å². The molecular formula is C19H19N5O2. The van der Waals surface area contributed by atoms with Crippen molar-refractivity contribution in [2.75, 3.05) is 5.73 Å². The van der Waals surface area contributed by atoms with Crippen molar-refractivity contribution in [3.63, 3.8) is 0 Å². The van der Waals surface area contributed by atoms with Gasteiger partial charge in [0.1, 0.15) is 12.0 Å². The van der Waals surface area contributed by atoms with Crippen LogP contribution in [-0.2, 0) is 6.61 Å². The molecule has 2 aromatic heterocycles. The monoisotopic (exact) mass is 349 g/mol. The van der Waals surface area contributed by atoms with Crippen LogP contribution in [0.4, 0.5) is 5.82 Å². The molecule has 132 valence electrons. The number of nitrogens with zero attached hydrogens (tertiary/aromatic N) is 4. The second-order valence-corrected chi connectivity index (χ2v) is 6.54. The van der Waals surface area contributed by atoms with Gasteiger partial charge in [0, 0.05) is 6.20 Å². The Morgan fingerprint density at radius 1 is 1.27 bits per heavy atom. The van der Waals surface area contributed by atoms with Gasteiger partial charge in [-0.05, 0) is 24.5 Å². The predicted octanol–water partition coefficient (Wildman–Crippen LogP) is 2.43. The Hall–Kier alpha value is -3.11. The zero-order valence-electron chi connectivity index (χ0n) is 14.1. The molecule has 0 saturated heterocycles. The number of ether oxygens (including phenoxy) is 1. The van der Waals surface area contributed by atoms with Crippen LogP contribution in [0.25, 0.3) is 10.9 Å². The number of nitrogen functional groups attached to an aromatic ring is 1. The summed E-state index contributed by atoms with van der Waals surface area (Å²) in [5.74, 6) is 0.436. The lowest BCUT2D eigenvalue weighted by Crippen LogP contribution is -2.14. The number of nitriles is 1. The second kappa shape index (κ2) is 6.65. The van der Waals surface area contributed by atoms with Crippen LogP contribution in [0.15, 0.2) is 42.6 Å². The summed E-state index contributed by atoms with van der Waals surface area (Å²) in [6.45, 7) is 0.376. The first-order valence-corrected chi connectivity index (χ1v) is 8.54. The Balaban J connectivity index is 1.69. The molecule has 1 aliphatic rings. The molecule has 2 heterocycles. The first kappa shape index (κ1) is 16.4. The smallest absolute Gasteiger partial charge is 0.227 e. The molecule has 1 unspecified atom stereocenters. The van der Waals surface area contributed by atoms with Crippen molar-refractivity contribution in [2.24, 2.45) is 5.92 Å². The van der Waals surface area contributed by atoms with E-state index in [1.165, 1.54) is 0 Å². The van der Waals surface area contributed by atoms with Crippen molar-refractivity contribution in [1.82, 2.24) is 14.8 Å². The van der Waals surface area contributed by atoms with Crippen molar-refractivity contribution >= 4 is 16.7 Å². The molecule has 0 amide bonds. The van der Waals surface area contributed by atoms with E-state index in [4.69, 9.17) is 10.5 Å². The van der Waals surface area contributed by atoms with Crippen LogP contribution in [0.3, 0.4) is 0 Å². The molecule has 1 saturated carbocycles. The van der Waals surface area contributed by atoms with Gasteiger partial charge in [0.25, 0.3) is 0 Å². The average molecular weight is 349 g/mol. The Kier molecular flexibility index (Phi) is 4.19. The molecule has 0 spiro atoms. The van der Waals surface area contributed by atoms with Crippen LogP contribution in [0, 0.1) is 17.2 Å². The molecule has 1 aromatic carbocycles. The van der Waals surface area contributed by atoms with Crippen LogP contribution >= 0.6 is 0 Å². The van der Waals surface area contributed by atoms with Crippen LogP contribution in [0.5, 0.6) is 5.88 Å². The number of anilines is 1. The van der Waals surface area contributed by atoms with Gasteiger partial charge in [-0.1, -0.05) is 30.3 Å². The van der Waals surface area contributed by atoms with Gasteiger partial charge < -0.3 is 15.6 Å². The fourth-order valence-electron chi connectivity index (χ4n) is 3.57. The second-order valence-electron chi connectivity index (χ2n) is 6.54. The minimum absolute atomic E-state index is 0.209. The van der Waals surface area contributed by atoms with Gasteiger partial charge >= 0.3 is 0 Å². The third-order valence-corrected chi connectivity index (χ3v) is 4.82. The summed E-state index contributed by atoms with van der Waals surface area (Å²) in [6.07, 6.45) is 2.08. The molecule has 0 aliphatic heterocycles. The molecule has 0 radical (unpaired) electrons. The van der Waals surface area contributed by atoms with Gasteiger partial charge in [0.05, 0.1) is 29.6 Å². The Labute approximate surface area is 150 Å². The van der Waals surface area contributed by atoms with E-state index in [9.17, 15) is 10.4 Å². The highest BCUT2D eigenvalue weighted by Gasteiger charge is 2.36. The number of aliphatic hydroxyl groups excluding tert-OH is 1. The molecule has 26 heavy (non-hydrogen) atoms. The zero-order valence-corrected chi connectivity index (χ0v) is 14.1. The van der Waals surface area contributed by atoms with Gasteiger partial charge in [-0.2, -0.15) is 10.4 Å². The Bertz CT molecular complexity index is 963. The Morgan fingerprint density at radius 3 is 2.85 bits per heavy atom. The van der Waals surface area contributed by atoms with Gasteiger partial charge in [-0.3, -0.25) is 4.68 Å². The largest absolute Gasteiger partial charge is 0.472 e. The van der Waals surface area contributed by atoms with E-state index >= 15 is 0 Å². The lowest BCUT2D eigenvalue weighted by molar-refractivity contribution is 0.176. The van der Waals surface area contributed by atoms with Crippen LogP contribution in [0.2, 0.25) is 0 Å². The minimum Gasteiger partial charge on any atom is -0.472 e.